The minimum atomic E-state index is 0.617. The summed E-state index contributed by atoms with van der Waals surface area (Å²) in [7, 11) is 1.73. The lowest BCUT2D eigenvalue weighted by Crippen LogP contribution is -2.21. The first-order valence-electron chi connectivity index (χ1n) is 7.80. The van der Waals surface area contributed by atoms with Crippen molar-refractivity contribution in [3.05, 3.63) is 23.3 Å². The number of rotatable bonds is 6. The van der Waals surface area contributed by atoms with E-state index in [0.29, 0.717) is 5.92 Å². The van der Waals surface area contributed by atoms with Crippen LogP contribution in [0.3, 0.4) is 0 Å². The monoisotopic (exact) mass is 275 g/mol. The first kappa shape index (κ1) is 14.0. The van der Waals surface area contributed by atoms with Crippen LogP contribution in [0.2, 0.25) is 0 Å². The van der Waals surface area contributed by atoms with Crippen LogP contribution >= 0.6 is 0 Å². The molecule has 0 radical (unpaired) electrons. The molecule has 0 spiro atoms. The molecule has 0 aromatic carbocycles. The lowest BCUT2D eigenvalue weighted by molar-refractivity contribution is 0.199. The predicted octanol–water partition coefficient (Wildman–Crippen LogP) is 2.42. The topological polar surface area (TPSA) is 47.0 Å². The van der Waals surface area contributed by atoms with Crippen molar-refractivity contribution < 1.29 is 4.74 Å². The van der Waals surface area contributed by atoms with Gasteiger partial charge in [0.1, 0.15) is 5.82 Å². The third-order valence-electron chi connectivity index (χ3n) is 4.78. The van der Waals surface area contributed by atoms with Crippen LogP contribution in [0.15, 0.2) is 6.07 Å². The normalized spacial score (nSPS) is 28.2. The van der Waals surface area contributed by atoms with Gasteiger partial charge in [0.15, 0.2) is 0 Å². The Morgan fingerprint density at radius 2 is 2.20 bits per heavy atom. The summed E-state index contributed by atoms with van der Waals surface area (Å²) >= 11 is 0. The fourth-order valence-corrected chi connectivity index (χ4v) is 3.87. The van der Waals surface area contributed by atoms with Gasteiger partial charge in [-0.25, -0.2) is 9.97 Å². The molecular weight excluding hydrogens is 250 g/mol. The third-order valence-corrected chi connectivity index (χ3v) is 4.78. The third kappa shape index (κ3) is 3.01. The van der Waals surface area contributed by atoms with E-state index in [0.717, 1.165) is 48.7 Å². The first-order valence-corrected chi connectivity index (χ1v) is 7.80. The maximum atomic E-state index is 5.05. The van der Waals surface area contributed by atoms with Gasteiger partial charge >= 0.3 is 0 Å². The SMILES string of the molecule is COCCNCc1cc(C)nc(C2CC3CCC2C3)n1. The van der Waals surface area contributed by atoms with Crippen molar-refractivity contribution in [2.45, 2.75) is 45.1 Å². The van der Waals surface area contributed by atoms with Crippen LogP contribution in [0, 0.1) is 18.8 Å². The molecule has 4 heteroatoms. The molecule has 1 heterocycles. The molecule has 2 bridgehead atoms. The first-order chi connectivity index (χ1) is 9.76. The molecule has 2 saturated carbocycles. The van der Waals surface area contributed by atoms with Gasteiger partial charge in [-0.05, 0) is 44.1 Å². The Balaban J connectivity index is 1.67. The van der Waals surface area contributed by atoms with Gasteiger partial charge < -0.3 is 10.1 Å². The number of aryl methyl sites for hydroxylation is 1. The van der Waals surface area contributed by atoms with E-state index in [9.17, 15) is 0 Å². The van der Waals surface area contributed by atoms with Crippen LogP contribution in [-0.4, -0.2) is 30.2 Å². The molecule has 2 aliphatic rings. The van der Waals surface area contributed by atoms with Gasteiger partial charge in [-0.15, -0.1) is 0 Å². The Hall–Kier alpha value is -1.00. The molecule has 0 saturated heterocycles. The maximum absolute atomic E-state index is 5.05. The van der Waals surface area contributed by atoms with E-state index in [2.05, 4.69) is 18.3 Å². The minimum Gasteiger partial charge on any atom is -0.383 e. The highest BCUT2D eigenvalue weighted by atomic mass is 16.5. The average Bonchev–Trinajstić information content (AvgIpc) is 3.05. The molecule has 3 rings (SSSR count). The lowest BCUT2D eigenvalue weighted by atomic mass is 9.88. The van der Waals surface area contributed by atoms with Crippen LogP contribution in [0.4, 0.5) is 0 Å². The van der Waals surface area contributed by atoms with Crippen molar-refractivity contribution >= 4 is 0 Å². The van der Waals surface area contributed by atoms with E-state index in [4.69, 9.17) is 14.7 Å². The Bertz CT molecular complexity index is 463. The second-order valence-electron chi connectivity index (χ2n) is 6.31. The molecule has 0 aliphatic heterocycles. The molecule has 110 valence electrons. The highest BCUT2D eigenvalue weighted by Crippen LogP contribution is 2.52. The molecule has 0 amide bonds. The summed E-state index contributed by atoms with van der Waals surface area (Å²) in [4.78, 5) is 9.53. The summed E-state index contributed by atoms with van der Waals surface area (Å²) in [5.41, 5.74) is 2.22. The van der Waals surface area contributed by atoms with Gasteiger partial charge in [-0.1, -0.05) is 6.42 Å². The number of nitrogens with zero attached hydrogens (tertiary/aromatic N) is 2. The van der Waals surface area contributed by atoms with Crippen LogP contribution < -0.4 is 5.32 Å². The molecule has 3 unspecified atom stereocenters. The van der Waals surface area contributed by atoms with Gasteiger partial charge in [0, 0.05) is 31.8 Å². The number of aromatic nitrogens is 2. The van der Waals surface area contributed by atoms with Gasteiger partial charge in [0.05, 0.1) is 12.3 Å². The van der Waals surface area contributed by atoms with Crippen molar-refractivity contribution in [3.8, 4) is 0 Å². The van der Waals surface area contributed by atoms with E-state index in [-0.39, 0.29) is 0 Å². The highest BCUT2D eigenvalue weighted by Gasteiger charge is 2.41. The Morgan fingerprint density at radius 3 is 2.90 bits per heavy atom. The Labute approximate surface area is 121 Å². The van der Waals surface area contributed by atoms with Crippen molar-refractivity contribution in [2.75, 3.05) is 20.3 Å². The molecule has 2 aliphatic carbocycles. The van der Waals surface area contributed by atoms with Crippen LogP contribution in [0.1, 0.15) is 48.8 Å². The summed E-state index contributed by atoms with van der Waals surface area (Å²) in [6.07, 6.45) is 5.53. The van der Waals surface area contributed by atoms with Crippen LogP contribution in [-0.2, 0) is 11.3 Å². The predicted molar refractivity (Wildman–Crippen MR) is 78.5 cm³/mol. The smallest absolute Gasteiger partial charge is 0.132 e. The van der Waals surface area contributed by atoms with Crippen LogP contribution in [0.5, 0.6) is 0 Å². The summed E-state index contributed by atoms with van der Waals surface area (Å²) in [5, 5.41) is 3.37. The highest BCUT2D eigenvalue weighted by molar-refractivity contribution is 5.15. The number of fused-ring (bicyclic) bond motifs is 2. The molecule has 4 nitrogen and oxygen atoms in total. The lowest BCUT2D eigenvalue weighted by Gasteiger charge is -2.21. The van der Waals surface area contributed by atoms with E-state index < -0.39 is 0 Å². The van der Waals surface area contributed by atoms with Gasteiger partial charge in [-0.3, -0.25) is 0 Å². The van der Waals surface area contributed by atoms with Crippen molar-refractivity contribution in [1.82, 2.24) is 15.3 Å². The standard InChI is InChI=1S/C16H25N3O/c1-11-7-14(10-17-5-6-20-2)19-16(18-11)15-9-12-3-4-13(15)8-12/h7,12-13,15,17H,3-6,8-10H2,1-2H3. The van der Waals surface area contributed by atoms with Crippen molar-refractivity contribution in [2.24, 2.45) is 11.8 Å². The van der Waals surface area contributed by atoms with Crippen molar-refractivity contribution in [3.63, 3.8) is 0 Å². The van der Waals surface area contributed by atoms with E-state index in [1.54, 1.807) is 7.11 Å². The molecule has 2 fully saturated rings. The summed E-state index contributed by atoms with van der Waals surface area (Å²) in [5.74, 6) is 3.50. The Kier molecular flexibility index (Phi) is 4.32. The molecule has 1 aromatic rings. The molecule has 3 atom stereocenters. The van der Waals surface area contributed by atoms with E-state index in [1.165, 1.54) is 25.7 Å². The number of hydrogen-bond donors (Lipinski definition) is 1. The van der Waals surface area contributed by atoms with Gasteiger partial charge in [-0.2, -0.15) is 0 Å². The van der Waals surface area contributed by atoms with E-state index in [1.807, 2.05) is 0 Å². The minimum absolute atomic E-state index is 0.617. The Morgan fingerprint density at radius 1 is 1.30 bits per heavy atom. The quantitative estimate of drug-likeness (QED) is 0.810. The fourth-order valence-electron chi connectivity index (χ4n) is 3.87. The van der Waals surface area contributed by atoms with Crippen LogP contribution in [0.25, 0.3) is 0 Å². The second-order valence-corrected chi connectivity index (χ2v) is 6.31. The molecule has 1 N–H and O–H groups in total. The van der Waals surface area contributed by atoms with Gasteiger partial charge in [0.2, 0.25) is 0 Å². The second kappa shape index (κ2) is 6.19. The zero-order valence-electron chi connectivity index (χ0n) is 12.6. The summed E-state index contributed by atoms with van der Waals surface area (Å²) in [6, 6.07) is 2.09. The zero-order valence-corrected chi connectivity index (χ0v) is 12.6. The number of methoxy groups -OCH3 is 1. The fraction of sp³-hybridized carbons (Fsp3) is 0.750. The summed E-state index contributed by atoms with van der Waals surface area (Å²) < 4.78 is 5.05. The number of hydrogen-bond acceptors (Lipinski definition) is 4. The molecular formula is C16H25N3O. The summed E-state index contributed by atoms with van der Waals surface area (Å²) in [6.45, 7) is 4.49. The average molecular weight is 275 g/mol. The maximum Gasteiger partial charge on any atom is 0.132 e. The zero-order chi connectivity index (χ0) is 13.9. The molecule has 20 heavy (non-hydrogen) atoms. The number of nitrogens with one attached hydrogen (secondary N) is 1. The number of ether oxygens (including phenoxy) is 1. The largest absolute Gasteiger partial charge is 0.383 e. The molecule has 1 aromatic heterocycles. The van der Waals surface area contributed by atoms with Gasteiger partial charge in [0.25, 0.3) is 0 Å². The van der Waals surface area contributed by atoms with E-state index >= 15 is 0 Å². The van der Waals surface area contributed by atoms with Crippen molar-refractivity contribution in [1.29, 1.82) is 0 Å².